The summed E-state index contributed by atoms with van der Waals surface area (Å²) in [6, 6.07) is 1.64. The van der Waals surface area contributed by atoms with Crippen LogP contribution in [0.3, 0.4) is 0 Å². The first-order valence-corrected chi connectivity index (χ1v) is 5.60. The van der Waals surface area contributed by atoms with Crippen molar-refractivity contribution in [3.63, 3.8) is 0 Å². The van der Waals surface area contributed by atoms with E-state index in [1.807, 2.05) is 6.92 Å². The topological polar surface area (TPSA) is 72.1 Å². The Labute approximate surface area is 105 Å². The zero-order chi connectivity index (χ0) is 12.6. The van der Waals surface area contributed by atoms with E-state index in [1.165, 1.54) is 13.3 Å². The minimum atomic E-state index is -0.662. The molecule has 2 aromatic rings. The van der Waals surface area contributed by atoms with Gasteiger partial charge in [-0.2, -0.15) is 0 Å². The van der Waals surface area contributed by atoms with E-state index in [4.69, 9.17) is 0 Å². The van der Waals surface area contributed by atoms with Gasteiger partial charge in [0.25, 0.3) is 0 Å². The average molecular weight is 297 g/mol. The smallest absolute Gasteiger partial charge is 0.343 e. The summed E-state index contributed by atoms with van der Waals surface area (Å²) in [6.07, 6.45) is 1.32. The summed E-state index contributed by atoms with van der Waals surface area (Å²) < 4.78 is 5.25. The summed E-state index contributed by atoms with van der Waals surface area (Å²) in [5.41, 5.74) is 0.790. The number of aromatic nitrogens is 2. The van der Waals surface area contributed by atoms with Crippen LogP contribution in [0.5, 0.6) is 0 Å². The Hall–Kier alpha value is -1.69. The highest BCUT2D eigenvalue weighted by atomic mass is 79.9. The Morgan fingerprint density at radius 2 is 2.24 bits per heavy atom. The molecule has 0 aliphatic rings. The van der Waals surface area contributed by atoms with E-state index < -0.39 is 5.97 Å². The number of H-pyrrole nitrogens is 1. The van der Waals surface area contributed by atoms with Gasteiger partial charge in [-0.05, 0) is 28.9 Å². The number of aromatic amines is 1. The second-order valence-electron chi connectivity index (χ2n) is 3.47. The predicted molar refractivity (Wildman–Crippen MR) is 66.1 cm³/mol. The number of ether oxygens (including phenoxy) is 1. The molecule has 0 unspecified atom stereocenters. The van der Waals surface area contributed by atoms with Crippen LogP contribution in [0, 0.1) is 6.92 Å². The maximum Gasteiger partial charge on any atom is 0.343 e. The molecule has 0 aliphatic carbocycles. The minimum absolute atomic E-state index is 0.0300. The second kappa shape index (κ2) is 4.29. The van der Waals surface area contributed by atoms with Crippen LogP contribution in [-0.2, 0) is 4.74 Å². The molecule has 17 heavy (non-hydrogen) atoms. The highest BCUT2D eigenvalue weighted by Gasteiger charge is 2.14. The van der Waals surface area contributed by atoms with Gasteiger partial charge < -0.3 is 9.72 Å². The molecule has 0 aliphatic heterocycles. The maximum atomic E-state index is 12.0. The van der Waals surface area contributed by atoms with Gasteiger partial charge in [0.15, 0.2) is 0 Å². The summed E-state index contributed by atoms with van der Waals surface area (Å²) >= 11 is 3.30. The van der Waals surface area contributed by atoms with Crippen LogP contribution in [-0.4, -0.2) is 23.0 Å². The molecular weight excluding hydrogens is 288 g/mol. The molecule has 2 rings (SSSR count). The molecule has 0 bridgehead atoms. The van der Waals surface area contributed by atoms with Gasteiger partial charge in [-0.15, -0.1) is 0 Å². The van der Waals surface area contributed by atoms with Crippen molar-refractivity contribution in [2.24, 2.45) is 0 Å². The molecule has 0 radical (unpaired) electrons. The Bertz CT molecular complexity index is 664. The molecule has 6 heteroatoms. The highest BCUT2D eigenvalue weighted by Crippen LogP contribution is 2.17. The van der Waals surface area contributed by atoms with E-state index in [0.29, 0.717) is 11.0 Å². The molecule has 0 saturated carbocycles. The van der Waals surface area contributed by atoms with Gasteiger partial charge in [-0.3, -0.25) is 4.79 Å². The van der Waals surface area contributed by atoms with Gasteiger partial charge in [-0.25, -0.2) is 9.78 Å². The molecule has 1 N–H and O–H groups in total. The lowest BCUT2D eigenvalue weighted by atomic mass is 10.2. The van der Waals surface area contributed by atoms with Crippen LogP contribution >= 0.6 is 15.9 Å². The number of rotatable bonds is 1. The van der Waals surface area contributed by atoms with Crippen molar-refractivity contribution in [3.05, 3.63) is 38.2 Å². The van der Waals surface area contributed by atoms with Crippen LogP contribution in [0.2, 0.25) is 0 Å². The number of carbonyl (C=O) groups is 1. The lowest BCUT2D eigenvalue weighted by Crippen LogP contribution is -2.17. The van der Waals surface area contributed by atoms with Crippen molar-refractivity contribution >= 4 is 32.9 Å². The molecule has 2 aromatic heterocycles. The number of hydrogen-bond donors (Lipinski definition) is 1. The fraction of sp³-hybridized carbons (Fsp3) is 0.182. The second-order valence-corrected chi connectivity index (χ2v) is 4.33. The quantitative estimate of drug-likeness (QED) is 0.814. The van der Waals surface area contributed by atoms with E-state index in [9.17, 15) is 9.59 Å². The lowest BCUT2D eigenvalue weighted by Gasteiger charge is -2.03. The van der Waals surface area contributed by atoms with Crippen LogP contribution in [0.4, 0.5) is 0 Å². The fourth-order valence-electron chi connectivity index (χ4n) is 1.48. The summed E-state index contributed by atoms with van der Waals surface area (Å²) in [7, 11) is 1.23. The SMILES string of the molecule is COC(=O)c1c[nH]c2nc(C)c(Br)cc2c1=O. The number of carbonyl (C=O) groups excluding carboxylic acids is 1. The number of halogens is 1. The number of aryl methyl sites for hydroxylation is 1. The number of methoxy groups -OCH3 is 1. The van der Waals surface area contributed by atoms with Gasteiger partial charge in [0.05, 0.1) is 18.2 Å². The van der Waals surface area contributed by atoms with Gasteiger partial charge in [-0.1, -0.05) is 0 Å². The van der Waals surface area contributed by atoms with Crippen molar-refractivity contribution < 1.29 is 9.53 Å². The molecule has 2 heterocycles. The molecule has 0 atom stereocenters. The first-order valence-electron chi connectivity index (χ1n) is 4.81. The molecule has 0 aromatic carbocycles. The van der Waals surface area contributed by atoms with Crippen LogP contribution in [0.1, 0.15) is 16.1 Å². The third-order valence-electron chi connectivity index (χ3n) is 2.40. The van der Waals surface area contributed by atoms with E-state index in [1.54, 1.807) is 6.07 Å². The lowest BCUT2D eigenvalue weighted by molar-refractivity contribution is 0.0599. The molecule has 0 spiro atoms. The van der Waals surface area contributed by atoms with E-state index >= 15 is 0 Å². The minimum Gasteiger partial charge on any atom is -0.465 e. The number of hydrogen-bond acceptors (Lipinski definition) is 4. The first-order chi connectivity index (χ1) is 8.04. The van der Waals surface area contributed by atoms with Gasteiger partial charge in [0.1, 0.15) is 11.2 Å². The number of esters is 1. The summed E-state index contributed by atoms with van der Waals surface area (Å²) in [6.45, 7) is 1.82. The Morgan fingerprint density at radius 1 is 1.53 bits per heavy atom. The molecule has 0 saturated heterocycles. The summed E-state index contributed by atoms with van der Waals surface area (Å²) in [5.74, 6) is -0.662. The van der Waals surface area contributed by atoms with E-state index in [0.717, 1.165) is 10.2 Å². The molecule has 5 nitrogen and oxygen atoms in total. The zero-order valence-corrected chi connectivity index (χ0v) is 10.8. The average Bonchev–Trinajstić information content (AvgIpc) is 2.31. The number of nitrogens with one attached hydrogen (secondary N) is 1. The Balaban J connectivity index is 2.80. The normalized spacial score (nSPS) is 10.5. The van der Waals surface area contributed by atoms with Gasteiger partial charge in [0, 0.05) is 10.7 Å². The Kier molecular flexibility index (Phi) is 2.97. The molecule has 88 valence electrons. The van der Waals surface area contributed by atoms with Crippen molar-refractivity contribution in [2.75, 3.05) is 7.11 Å². The monoisotopic (exact) mass is 296 g/mol. The van der Waals surface area contributed by atoms with Crippen molar-refractivity contribution in [3.8, 4) is 0 Å². The van der Waals surface area contributed by atoms with Crippen LogP contribution in [0.15, 0.2) is 21.5 Å². The zero-order valence-electron chi connectivity index (χ0n) is 9.20. The van der Waals surface area contributed by atoms with Gasteiger partial charge in [0.2, 0.25) is 5.43 Å². The van der Waals surface area contributed by atoms with Crippen molar-refractivity contribution in [1.82, 2.24) is 9.97 Å². The number of nitrogens with zero attached hydrogens (tertiary/aromatic N) is 1. The fourth-order valence-corrected chi connectivity index (χ4v) is 1.79. The Morgan fingerprint density at radius 3 is 2.88 bits per heavy atom. The molecule has 0 fully saturated rings. The third kappa shape index (κ3) is 1.95. The van der Waals surface area contributed by atoms with E-state index in [2.05, 4.69) is 30.6 Å². The maximum absolute atomic E-state index is 12.0. The largest absolute Gasteiger partial charge is 0.465 e. The summed E-state index contributed by atoms with van der Waals surface area (Å²) in [5, 5.41) is 0.352. The number of pyridine rings is 2. The number of fused-ring (bicyclic) bond motifs is 1. The van der Waals surface area contributed by atoms with Crippen molar-refractivity contribution in [2.45, 2.75) is 6.92 Å². The first kappa shape index (κ1) is 11.8. The van der Waals surface area contributed by atoms with E-state index in [-0.39, 0.29) is 11.0 Å². The standard InChI is InChI=1S/C11H9BrN2O3/c1-5-8(12)3-6-9(15)7(11(16)17-2)4-13-10(6)14-5/h3-4H,1-2H3,(H,13,14,15). The highest BCUT2D eigenvalue weighted by molar-refractivity contribution is 9.10. The van der Waals surface area contributed by atoms with Gasteiger partial charge >= 0.3 is 5.97 Å². The predicted octanol–water partition coefficient (Wildman–Crippen LogP) is 1.78. The van der Waals surface area contributed by atoms with Crippen LogP contribution < -0.4 is 5.43 Å². The third-order valence-corrected chi connectivity index (χ3v) is 3.20. The van der Waals surface area contributed by atoms with Crippen molar-refractivity contribution in [1.29, 1.82) is 0 Å². The molecular formula is C11H9BrN2O3. The van der Waals surface area contributed by atoms with Crippen LogP contribution in [0.25, 0.3) is 11.0 Å². The molecule has 0 amide bonds. The summed E-state index contributed by atoms with van der Waals surface area (Å²) in [4.78, 5) is 30.4.